The van der Waals surface area contributed by atoms with E-state index in [9.17, 15) is 4.79 Å². The van der Waals surface area contributed by atoms with E-state index in [4.69, 9.17) is 4.74 Å². The van der Waals surface area contributed by atoms with Crippen molar-refractivity contribution in [2.75, 3.05) is 20.3 Å². The molecule has 1 aromatic heterocycles. The standard InChI is InChI=1S/C15H22N2O2S/c1-19-9-4-2-3-8-17-13(12-5-10-20-11-12)16-15(6-7-15)14(17)18/h5,10-11,13,16H,2-4,6-9H2,1H3. The molecule has 0 radical (unpaired) electrons. The molecule has 1 amide bonds. The van der Waals surface area contributed by atoms with Gasteiger partial charge < -0.3 is 9.64 Å². The van der Waals surface area contributed by atoms with Crippen LogP contribution in [-0.2, 0) is 9.53 Å². The Hall–Kier alpha value is -0.910. The van der Waals surface area contributed by atoms with Crippen LogP contribution in [0.15, 0.2) is 16.8 Å². The molecular weight excluding hydrogens is 272 g/mol. The Morgan fingerprint density at radius 1 is 1.45 bits per heavy atom. The first kappa shape index (κ1) is 14.0. The molecule has 1 aromatic rings. The fraction of sp³-hybridized carbons (Fsp3) is 0.667. The van der Waals surface area contributed by atoms with Crippen molar-refractivity contribution in [3.63, 3.8) is 0 Å². The van der Waals surface area contributed by atoms with Gasteiger partial charge in [-0.2, -0.15) is 11.3 Å². The lowest BCUT2D eigenvalue weighted by Crippen LogP contribution is -2.33. The van der Waals surface area contributed by atoms with Crippen LogP contribution in [0.4, 0.5) is 0 Å². The summed E-state index contributed by atoms with van der Waals surface area (Å²) in [5, 5.41) is 7.78. The summed E-state index contributed by atoms with van der Waals surface area (Å²) in [6.07, 6.45) is 5.30. The van der Waals surface area contributed by atoms with E-state index < -0.39 is 0 Å². The topological polar surface area (TPSA) is 41.6 Å². The van der Waals surface area contributed by atoms with Gasteiger partial charge in [0.25, 0.3) is 0 Å². The van der Waals surface area contributed by atoms with E-state index in [1.165, 1.54) is 5.56 Å². The van der Waals surface area contributed by atoms with E-state index in [2.05, 4.69) is 22.1 Å². The minimum Gasteiger partial charge on any atom is -0.385 e. The summed E-state index contributed by atoms with van der Waals surface area (Å²) in [5.74, 6) is 0.306. The van der Waals surface area contributed by atoms with E-state index in [0.29, 0.717) is 5.91 Å². The van der Waals surface area contributed by atoms with E-state index in [1.807, 2.05) is 4.90 Å². The predicted octanol–water partition coefficient (Wildman–Crippen LogP) is 2.53. The van der Waals surface area contributed by atoms with Crippen LogP contribution in [0.1, 0.15) is 43.8 Å². The molecule has 1 aliphatic carbocycles. The third-order valence-electron chi connectivity index (χ3n) is 4.25. The lowest BCUT2D eigenvalue weighted by Gasteiger charge is -2.23. The zero-order chi connectivity index (χ0) is 14.0. The van der Waals surface area contributed by atoms with Crippen molar-refractivity contribution in [2.24, 2.45) is 0 Å². The summed E-state index contributed by atoms with van der Waals surface area (Å²) in [5.41, 5.74) is 1.00. The summed E-state index contributed by atoms with van der Waals surface area (Å²) in [7, 11) is 1.73. The highest BCUT2D eigenvalue weighted by molar-refractivity contribution is 7.07. The van der Waals surface area contributed by atoms with E-state index >= 15 is 0 Å². The van der Waals surface area contributed by atoms with Crippen LogP contribution in [0.5, 0.6) is 0 Å². The van der Waals surface area contributed by atoms with Crippen LogP contribution < -0.4 is 5.32 Å². The van der Waals surface area contributed by atoms with Crippen LogP contribution in [0.3, 0.4) is 0 Å². The highest BCUT2D eigenvalue weighted by Crippen LogP contribution is 2.46. The summed E-state index contributed by atoms with van der Waals surface area (Å²) in [6, 6.07) is 2.12. The Bertz CT molecular complexity index is 456. The fourth-order valence-electron chi connectivity index (χ4n) is 2.91. The Morgan fingerprint density at radius 3 is 2.95 bits per heavy atom. The number of ether oxygens (including phenoxy) is 1. The van der Waals surface area contributed by atoms with Gasteiger partial charge in [-0.3, -0.25) is 10.1 Å². The molecule has 1 spiro atoms. The number of amides is 1. The zero-order valence-electron chi connectivity index (χ0n) is 11.9. The molecule has 1 aliphatic heterocycles. The summed E-state index contributed by atoms with van der Waals surface area (Å²) >= 11 is 1.69. The van der Waals surface area contributed by atoms with Crippen LogP contribution >= 0.6 is 11.3 Å². The molecule has 1 N–H and O–H groups in total. The van der Waals surface area contributed by atoms with E-state index in [-0.39, 0.29) is 11.7 Å². The third-order valence-corrected chi connectivity index (χ3v) is 4.95. The highest BCUT2D eigenvalue weighted by atomic mass is 32.1. The fourth-order valence-corrected chi connectivity index (χ4v) is 3.59. The molecule has 0 aromatic carbocycles. The molecule has 1 unspecified atom stereocenters. The number of hydrogen-bond acceptors (Lipinski definition) is 4. The lowest BCUT2D eigenvalue weighted by atomic mass is 10.2. The van der Waals surface area contributed by atoms with Gasteiger partial charge in [-0.1, -0.05) is 0 Å². The average Bonchev–Trinajstić information content (AvgIpc) is 2.93. The molecule has 3 rings (SSSR count). The number of thiophene rings is 1. The molecule has 5 heteroatoms. The first-order valence-corrected chi connectivity index (χ1v) is 8.31. The minimum atomic E-state index is -0.223. The summed E-state index contributed by atoms with van der Waals surface area (Å²) in [4.78, 5) is 14.6. The molecule has 1 saturated heterocycles. The smallest absolute Gasteiger partial charge is 0.244 e. The van der Waals surface area contributed by atoms with Crippen LogP contribution in [0, 0.1) is 0 Å². The number of unbranched alkanes of at least 4 members (excludes halogenated alkanes) is 2. The first-order valence-electron chi connectivity index (χ1n) is 7.37. The second-order valence-electron chi connectivity index (χ2n) is 5.74. The van der Waals surface area contributed by atoms with Gasteiger partial charge >= 0.3 is 0 Å². The second-order valence-corrected chi connectivity index (χ2v) is 6.52. The van der Waals surface area contributed by atoms with Crippen molar-refractivity contribution in [3.8, 4) is 0 Å². The van der Waals surface area contributed by atoms with Gasteiger partial charge in [0.1, 0.15) is 11.7 Å². The van der Waals surface area contributed by atoms with Gasteiger partial charge in [0.05, 0.1) is 0 Å². The van der Waals surface area contributed by atoms with Gasteiger partial charge in [-0.25, -0.2) is 0 Å². The predicted molar refractivity (Wildman–Crippen MR) is 79.6 cm³/mol. The number of carbonyl (C=O) groups excluding carboxylic acids is 1. The molecule has 1 saturated carbocycles. The van der Waals surface area contributed by atoms with Crippen molar-refractivity contribution < 1.29 is 9.53 Å². The maximum atomic E-state index is 12.6. The molecule has 4 nitrogen and oxygen atoms in total. The van der Waals surface area contributed by atoms with E-state index in [0.717, 1.165) is 45.3 Å². The molecular formula is C15H22N2O2S. The monoisotopic (exact) mass is 294 g/mol. The molecule has 0 bridgehead atoms. The Balaban J connectivity index is 1.61. The van der Waals surface area contributed by atoms with Crippen LogP contribution in [0.25, 0.3) is 0 Å². The number of nitrogens with zero attached hydrogens (tertiary/aromatic N) is 1. The quantitative estimate of drug-likeness (QED) is 0.786. The second kappa shape index (κ2) is 5.84. The zero-order valence-corrected chi connectivity index (χ0v) is 12.7. The molecule has 2 fully saturated rings. The maximum absolute atomic E-state index is 12.6. The highest BCUT2D eigenvalue weighted by Gasteiger charge is 2.59. The number of carbonyl (C=O) groups is 1. The average molecular weight is 294 g/mol. The van der Waals surface area contributed by atoms with E-state index in [1.54, 1.807) is 18.4 Å². The van der Waals surface area contributed by atoms with Crippen molar-refractivity contribution in [1.82, 2.24) is 10.2 Å². The van der Waals surface area contributed by atoms with Crippen LogP contribution in [-0.4, -0.2) is 36.6 Å². The molecule has 20 heavy (non-hydrogen) atoms. The van der Waals surface area contributed by atoms with Gasteiger partial charge in [0.2, 0.25) is 5.91 Å². The largest absolute Gasteiger partial charge is 0.385 e. The molecule has 2 aliphatic rings. The lowest BCUT2D eigenvalue weighted by molar-refractivity contribution is -0.130. The molecule has 1 atom stereocenters. The van der Waals surface area contributed by atoms with Crippen molar-refractivity contribution in [3.05, 3.63) is 22.4 Å². The number of methoxy groups -OCH3 is 1. The van der Waals surface area contributed by atoms with Crippen molar-refractivity contribution in [1.29, 1.82) is 0 Å². The normalized spacial score (nSPS) is 23.8. The third kappa shape index (κ3) is 2.62. The SMILES string of the molecule is COCCCCCN1C(=O)C2(CC2)NC1c1ccsc1. The van der Waals surface area contributed by atoms with Crippen molar-refractivity contribution in [2.45, 2.75) is 43.8 Å². The van der Waals surface area contributed by atoms with Gasteiger partial charge in [-0.05, 0) is 54.5 Å². The summed E-state index contributed by atoms with van der Waals surface area (Å²) in [6.45, 7) is 1.65. The van der Waals surface area contributed by atoms with Gasteiger partial charge in [0, 0.05) is 20.3 Å². The number of rotatable bonds is 7. The van der Waals surface area contributed by atoms with Gasteiger partial charge in [-0.15, -0.1) is 0 Å². The Morgan fingerprint density at radius 2 is 2.30 bits per heavy atom. The van der Waals surface area contributed by atoms with Crippen LogP contribution in [0.2, 0.25) is 0 Å². The molecule has 110 valence electrons. The summed E-state index contributed by atoms with van der Waals surface area (Å²) < 4.78 is 5.07. The Kier molecular flexibility index (Phi) is 4.10. The first-order chi connectivity index (χ1) is 9.77. The van der Waals surface area contributed by atoms with Crippen molar-refractivity contribution >= 4 is 17.2 Å². The Labute approximate surface area is 124 Å². The minimum absolute atomic E-state index is 0.0821. The van der Waals surface area contributed by atoms with Gasteiger partial charge in [0.15, 0.2) is 0 Å². The number of nitrogens with one attached hydrogen (secondary N) is 1. The maximum Gasteiger partial charge on any atom is 0.244 e. The number of hydrogen-bond donors (Lipinski definition) is 1. The molecule has 2 heterocycles.